The summed E-state index contributed by atoms with van der Waals surface area (Å²) in [6, 6.07) is 6.52. The molecule has 3 rings (SSSR count). The molecule has 1 aromatic rings. The Labute approximate surface area is 107 Å². The van der Waals surface area contributed by atoms with Crippen molar-refractivity contribution in [3.8, 4) is 5.75 Å². The number of rotatable bonds is 4. The van der Waals surface area contributed by atoms with Crippen LogP contribution in [0.1, 0.15) is 24.8 Å². The van der Waals surface area contributed by atoms with E-state index in [0.717, 1.165) is 34.7 Å². The van der Waals surface area contributed by atoms with E-state index in [-0.39, 0.29) is 0 Å². The molecule has 3 unspecified atom stereocenters. The summed E-state index contributed by atoms with van der Waals surface area (Å²) in [6.07, 6.45) is 4.15. The minimum Gasteiger partial charge on any atom is -0.496 e. The Hall–Kier alpha value is -0.730. The Morgan fingerprint density at radius 1 is 1.41 bits per heavy atom. The van der Waals surface area contributed by atoms with Crippen LogP contribution in [-0.2, 0) is 6.54 Å². The summed E-state index contributed by atoms with van der Waals surface area (Å²) >= 11 is 6.22. The van der Waals surface area contributed by atoms with E-state index < -0.39 is 0 Å². The monoisotopic (exact) mass is 251 g/mol. The van der Waals surface area contributed by atoms with Crippen LogP contribution in [0.4, 0.5) is 0 Å². The summed E-state index contributed by atoms with van der Waals surface area (Å²) in [4.78, 5) is 0. The Kier molecular flexibility index (Phi) is 3.01. The van der Waals surface area contributed by atoms with Crippen LogP contribution >= 0.6 is 11.6 Å². The van der Waals surface area contributed by atoms with Crippen LogP contribution in [0.2, 0.25) is 5.02 Å². The molecule has 3 heteroatoms. The summed E-state index contributed by atoms with van der Waals surface area (Å²) in [5.74, 6) is 2.83. The first-order valence-corrected chi connectivity index (χ1v) is 6.72. The van der Waals surface area contributed by atoms with Crippen molar-refractivity contribution < 1.29 is 4.74 Å². The van der Waals surface area contributed by atoms with Crippen molar-refractivity contribution in [2.24, 2.45) is 11.8 Å². The summed E-state index contributed by atoms with van der Waals surface area (Å²) in [5, 5.41) is 4.43. The number of hydrogen-bond donors (Lipinski definition) is 1. The lowest BCUT2D eigenvalue weighted by Crippen LogP contribution is -2.28. The van der Waals surface area contributed by atoms with Crippen molar-refractivity contribution in [2.45, 2.75) is 31.8 Å². The number of benzene rings is 1. The third-order valence-electron chi connectivity index (χ3n) is 4.18. The molecule has 0 bridgehead atoms. The molecule has 0 saturated heterocycles. The molecule has 2 fully saturated rings. The van der Waals surface area contributed by atoms with Crippen molar-refractivity contribution >= 4 is 11.6 Å². The van der Waals surface area contributed by atoms with Crippen LogP contribution in [-0.4, -0.2) is 13.2 Å². The zero-order chi connectivity index (χ0) is 11.8. The van der Waals surface area contributed by atoms with E-state index in [1.54, 1.807) is 7.11 Å². The summed E-state index contributed by atoms with van der Waals surface area (Å²) in [7, 11) is 1.70. The maximum absolute atomic E-state index is 6.22. The third-order valence-corrected chi connectivity index (χ3v) is 4.53. The van der Waals surface area contributed by atoms with Gasteiger partial charge in [-0.1, -0.05) is 17.7 Å². The van der Waals surface area contributed by atoms with Crippen molar-refractivity contribution in [1.29, 1.82) is 0 Å². The van der Waals surface area contributed by atoms with Crippen molar-refractivity contribution in [3.63, 3.8) is 0 Å². The number of hydrogen-bond acceptors (Lipinski definition) is 2. The second-order valence-corrected chi connectivity index (χ2v) is 5.55. The molecule has 2 aliphatic carbocycles. The molecule has 2 aliphatic rings. The Balaban J connectivity index is 1.67. The summed E-state index contributed by atoms with van der Waals surface area (Å²) in [6.45, 7) is 0.816. The van der Waals surface area contributed by atoms with Gasteiger partial charge in [-0.3, -0.25) is 0 Å². The van der Waals surface area contributed by atoms with Gasteiger partial charge in [-0.25, -0.2) is 0 Å². The molecule has 0 amide bonds. The largest absolute Gasteiger partial charge is 0.496 e. The number of halogens is 1. The highest BCUT2D eigenvalue weighted by Gasteiger charge is 2.47. The zero-order valence-electron chi connectivity index (χ0n) is 10.1. The van der Waals surface area contributed by atoms with Gasteiger partial charge in [0.15, 0.2) is 0 Å². The molecular weight excluding hydrogens is 234 g/mol. The topological polar surface area (TPSA) is 21.3 Å². The highest BCUT2D eigenvalue weighted by atomic mass is 35.5. The Bertz CT molecular complexity index is 421. The van der Waals surface area contributed by atoms with E-state index in [1.807, 2.05) is 18.2 Å². The van der Waals surface area contributed by atoms with E-state index in [1.165, 1.54) is 19.3 Å². The lowest BCUT2D eigenvalue weighted by Gasteiger charge is -2.16. The zero-order valence-corrected chi connectivity index (χ0v) is 10.8. The molecule has 3 atom stereocenters. The molecule has 17 heavy (non-hydrogen) atoms. The summed E-state index contributed by atoms with van der Waals surface area (Å²) < 4.78 is 5.35. The minimum absolute atomic E-state index is 0.695. The fourth-order valence-corrected chi connectivity index (χ4v) is 3.32. The van der Waals surface area contributed by atoms with E-state index in [4.69, 9.17) is 16.3 Å². The lowest BCUT2D eigenvalue weighted by molar-refractivity contribution is 0.402. The highest BCUT2D eigenvalue weighted by molar-refractivity contribution is 6.31. The van der Waals surface area contributed by atoms with Crippen molar-refractivity contribution in [1.82, 2.24) is 5.32 Å². The lowest BCUT2D eigenvalue weighted by atomic mass is 10.1. The first-order chi connectivity index (χ1) is 8.29. The summed E-state index contributed by atoms with van der Waals surface area (Å²) in [5.41, 5.74) is 1.08. The minimum atomic E-state index is 0.695. The van der Waals surface area contributed by atoms with Crippen LogP contribution in [0.5, 0.6) is 5.75 Å². The van der Waals surface area contributed by atoms with Gasteiger partial charge in [0.1, 0.15) is 5.75 Å². The van der Waals surface area contributed by atoms with Gasteiger partial charge in [-0.05, 0) is 43.2 Å². The van der Waals surface area contributed by atoms with Crippen molar-refractivity contribution in [2.75, 3.05) is 7.11 Å². The molecule has 0 aliphatic heterocycles. The molecule has 1 N–H and O–H groups in total. The Morgan fingerprint density at radius 3 is 2.94 bits per heavy atom. The molecule has 92 valence electrons. The molecule has 0 spiro atoms. The molecular formula is C14H18ClNO. The quantitative estimate of drug-likeness (QED) is 0.887. The van der Waals surface area contributed by atoms with Crippen LogP contribution in [0, 0.1) is 11.8 Å². The van der Waals surface area contributed by atoms with E-state index >= 15 is 0 Å². The molecule has 1 aromatic carbocycles. The average Bonchev–Trinajstić information content (AvgIpc) is 3.02. The molecule has 0 radical (unpaired) electrons. The van der Waals surface area contributed by atoms with Crippen LogP contribution in [0.3, 0.4) is 0 Å². The van der Waals surface area contributed by atoms with E-state index in [2.05, 4.69) is 5.32 Å². The van der Waals surface area contributed by atoms with E-state index in [9.17, 15) is 0 Å². The number of ether oxygens (including phenoxy) is 1. The maximum Gasteiger partial charge on any atom is 0.124 e. The molecule has 2 nitrogen and oxygen atoms in total. The number of methoxy groups -OCH3 is 1. The van der Waals surface area contributed by atoms with Gasteiger partial charge >= 0.3 is 0 Å². The van der Waals surface area contributed by atoms with Crippen LogP contribution in [0.15, 0.2) is 18.2 Å². The number of nitrogens with one attached hydrogen (secondary N) is 1. The van der Waals surface area contributed by atoms with E-state index in [0.29, 0.717) is 6.04 Å². The van der Waals surface area contributed by atoms with Gasteiger partial charge in [0, 0.05) is 23.2 Å². The van der Waals surface area contributed by atoms with Crippen LogP contribution in [0.25, 0.3) is 0 Å². The first kappa shape index (κ1) is 11.4. The second-order valence-electron chi connectivity index (χ2n) is 5.15. The standard InChI is InChI=1S/C14H18ClNO/c1-17-14-4-2-3-12(15)11(14)8-16-13-6-5-9-7-10(9)13/h2-4,9-10,13,16H,5-8H2,1H3. The number of fused-ring (bicyclic) bond motifs is 1. The van der Waals surface area contributed by atoms with Gasteiger partial charge in [-0.2, -0.15) is 0 Å². The van der Waals surface area contributed by atoms with Crippen molar-refractivity contribution in [3.05, 3.63) is 28.8 Å². The molecule has 0 heterocycles. The third kappa shape index (κ3) is 2.16. The van der Waals surface area contributed by atoms with Gasteiger partial charge in [-0.15, -0.1) is 0 Å². The van der Waals surface area contributed by atoms with Gasteiger partial charge in [0.2, 0.25) is 0 Å². The van der Waals surface area contributed by atoms with Gasteiger partial charge < -0.3 is 10.1 Å². The predicted octanol–water partition coefficient (Wildman–Crippen LogP) is 3.24. The molecule has 2 saturated carbocycles. The fourth-order valence-electron chi connectivity index (χ4n) is 3.09. The van der Waals surface area contributed by atoms with Crippen LogP contribution < -0.4 is 10.1 Å². The van der Waals surface area contributed by atoms with Gasteiger partial charge in [0.25, 0.3) is 0 Å². The Morgan fingerprint density at radius 2 is 2.29 bits per heavy atom. The average molecular weight is 252 g/mol. The normalized spacial score (nSPS) is 30.1. The van der Waals surface area contributed by atoms with Gasteiger partial charge in [0.05, 0.1) is 7.11 Å². The smallest absolute Gasteiger partial charge is 0.124 e. The second kappa shape index (κ2) is 4.51. The fraction of sp³-hybridized carbons (Fsp3) is 0.571. The highest BCUT2D eigenvalue weighted by Crippen LogP contribution is 2.51. The molecule has 0 aromatic heterocycles. The first-order valence-electron chi connectivity index (χ1n) is 6.34. The predicted molar refractivity (Wildman–Crippen MR) is 69.5 cm³/mol. The maximum atomic E-state index is 6.22. The SMILES string of the molecule is COc1cccc(Cl)c1CNC1CCC2CC21.